The highest BCUT2D eigenvalue weighted by Crippen LogP contribution is 2.22. The zero-order chi connectivity index (χ0) is 15.3. The topological polar surface area (TPSA) is 93.1 Å². The predicted molar refractivity (Wildman–Crippen MR) is 70.1 cm³/mol. The molecule has 0 fully saturated rings. The molecule has 0 radical (unpaired) electrons. The van der Waals surface area contributed by atoms with Crippen LogP contribution in [0.4, 0.5) is 0 Å². The van der Waals surface area contributed by atoms with E-state index in [1.54, 1.807) is 19.1 Å². The van der Waals surface area contributed by atoms with Gasteiger partial charge in [-0.2, -0.15) is 0 Å². The third-order valence-electron chi connectivity index (χ3n) is 2.98. The highest BCUT2D eigenvalue weighted by Gasteiger charge is 2.23. The van der Waals surface area contributed by atoms with Crippen molar-refractivity contribution in [3.05, 3.63) is 34.9 Å². The molecule has 0 aliphatic heterocycles. The van der Waals surface area contributed by atoms with E-state index in [2.05, 4.69) is 9.47 Å². The molecule has 2 N–H and O–H groups in total. The van der Waals surface area contributed by atoms with Crippen LogP contribution in [0, 0.1) is 6.92 Å². The van der Waals surface area contributed by atoms with Gasteiger partial charge in [-0.25, -0.2) is 4.79 Å². The lowest BCUT2D eigenvalue weighted by molar-refractivity contribution is -0.144. The molecule has 0 heterocycles. The number of benzene rings is 1. The number of hydrogen-bond donors (Lipinski definition) is 2. The zero-order valence-electron chi connectivity index (χ0n) is 11.6. The summed E-state index contributed by atoms with van der Waals surface area (Å²) in [6.45, 7) is 1.73. The van der Waals surface area contributed by atoms with Gasteiger partial charge in [-0.1, -0.05) is 12.1 Å². The van der Waals surface area contributed by atoms with E-state index in [0.717, 1.165) is 0 Å². The van der Waals surface area contributed by atoms with Crippen molar-refractivity contribution in [1.29, 1.82) is 0 Å². The molecule has 0 aromatic heterocycles. The number of methoxy groups -OCH3 is 2. The van der Waals surface area contributed by atoms with Crippen LogP contribution >= 0.6 is 0 Å². The van der Waals surface area contributed by atoms with E-state index in [-0.39, 0.29) is 6.42 Å². The predicted octanol–water partition coefficient (Wildman–Crippen LogP) is 0.739. The van der Waals surface area contributed by atoms with E-state index in [9.17, 15) is 19.8 Å². The Hall–Kier alpha value is -1.92. The van der Waals surface area contributed by atoms with Gasteiger partial charge >= 0.3 is 11.9 Å². The number of carbonyl (C=O) groups is 2. The quantitative estimate of drug-likeness (QED) is 0.774. The molecule has 1 rings (SSSR count). The number of ether oxygens (including phenoxy) is 2. The van der Waals surface area contributed by atoms with Gasteiger partial charge < -0.3 is 19.7 Å². The van der Waals surface area contributed by atoms with Gasteiger partial charge in [0.1, 0.15) is 6.10 Å². The Morgan fingerprint density at radius 3 is 2.40 bits per heavy atom. The Labute approximate surface area is 116 Å². The molecule has 0 saturated heterocycles. The van der Waals surface area contributed by atoms with Crippen molar-refractivity contribution in [2.45, 2.75) is 25.6 Å². The van der Waals surface area contributed by atoms with Crippen molar-refractivity contribution >= 4 is 11.9 Å². The summed E-state index contributed by atoms with van der Waals surface area (Å²) in [5.74, 6) is -1.16. The van der Waals surface area contributed by atoms with Crippen LogP contribution in [0.25, 0.3) is 0 Å². The van der Waals surface area contributed by atoms with Crippen LogP contribution in [0.1, 0.15) is 34.0 Å². The van der Waals surface area contributed by atoms with E-state index in [4.69, 9.17) is 0 Å². The molecule has 20 heavy (non-hydrogen) atoms. The summed E-state index contributed by atoms with van der Waals surface area (Å²) in [6.07, 6.45) is -2.94. The van der Waals surface area contributed by atoms with Gasteiger partial charge in [0.15, 0.2) is 0 Å². The molecule has 1 aromatic rings. The molecule has 0 spiro atoms. The molecule has 0 aliphatic rings. The monoisotopic (exact) mass is 282 g/mol. The van der Waals surface area contributed by atoms with Crippen molar-refractivity contribution in [2.75, 3.05) is 14.2 Å². The summed E-state index contributed by atoms with van der Waals surface area (Å²) >= 11 is 0. The van der Waals surface area contributed by atoms with E-state index >= 15 is 0 Å². The molecule has 0 bridgehead atoms. The van der Waals surface area contributed by atoms with Crippen LogP contribution in [0.15, 0.2) is 18.2 Å². The summed E-state index contributed by atoms with van der Waals surface area (Å²) in [7, 11) is 2.46. The van der Waals surface area contributed by atoms with E-state index in [1.165, 1.54) is 20.3 Å². The summed E-state index contributed by atoms with van der Waals surface area (Å²) in [5.41, 5.74) is 1.32. The number of aryl methyl sites for hydroxylation is 1. The Morgan fingerprint density at radius 2 is 1.85 bits per heavy atom. The van der Waals surface area contributed by atoms with Gasteiger partial charge in [-0.15, -0.1) is 0 Å². The second-order valence-corrected chi connectivity index (χ2v) is 4.36. The lowest BCUT2D eigenvalue weighted by Crippen LogP contribution is -2.23. The van der Waals surface area contributed by atoms with Crippen molar-refractivity contribution in [3.8, 4) is 0 Å². The average Bonchev–Trinajstić information content (AvgIpc) is 2.45. The van der Waals surface area contributed by atoms with E-state index in [0.29, 0.717) is 16.7 Å². The fourth-order valence-corrected chi connectivity index (χ4v) is 1.74. The second-order valence-electron chi connectivity index (χ2n) is 4.36. The normalized spacial score (nSPS) is 13.4. The first-order chi connectivity index (χ1) is 9.40. The fraction of sp³-hybridized carbons (Fsp3) is 0.429. The van der Waals surface area contributed by atoms with E-state index in [1.807, 2.05) is 0 Å². The molecular weight excluding hydrogens is 264 g/mol. The number of aliphatic hydroxyl groups excluding tert-OH is 2. The summed E-state index contributed by atoms with van der Waals surface area (Å²) < 4.78 is 9.06. The first-order valence-corrected chi connectivity index (χ1v) is 6.02. The zero-order valence-corrected chi connectivity index (χ0v) is 11.6. The Kier molecular flexibility index (Phi) is 5.66. The Balaban J connectivity index is 2.96. The standard InChI is InChI=1S/C14H18O6/c1-8-4-5-9(6-10(8)14(18)20-3)13(17)11(15)7-12(16)19-2/h4-6,11,13,15,17H,7H2,1-3H3. The number of aliphatic hydroxyl groups is 2. The Bertz CT molecular complexity index is 496. The van der Waals surface area contributed by atoms with Crippen molar-refractivity contribution < 1.29 is 29.3 Å². The fourth-order valence-electron chi connectivity index (χ4n) is 1.74. The third-order valence-corrected chi connectivity index (χ3v) is 2.98. The molecule has 110 valence electrons. The molecule has 2 unspecified atom stereocenters. The van der Waals surface area contributed by atoms with Crippen LogP contribution in [0.3, 0.4) is 0 Å². The molecule has 0 amide bonds. The molecular formula is C14H18O6. The molecule has 6 nitrogen and oxygen atoms in total. The maximum absolute atomic E-state index is 11.6. The van der Waals surface area contributed by atoms with Crippen LogP contribution in [-0.2, 0) is 14.3 Å². The number of hydrogen-bond acceptors (Lipinski definition) is 6. The minimum Gasteiger partial charge on any atom is -0.469 e. The lowest BCUT2D eigenvalue weighted by Gasteiger charge is -2.18. The van der Waals surface area contributed by atoms with Crippen molar-refractivity contribution in [3.63, 3.8) is 0 Å². The van der Waals surface area contributed by atoms with Crippen LogP contribution < -0.4 is 0 Å². The third kappa shape index (κ3) is 3.79. The number of rotatable bonds is 5. The van der Waals surface area contributed by atoms with Gasteiger partial charge in [0.2, 0.25) is 0 Å². The highest BCUT2D eigenvalue weighted by atomic mass is 16.5. The second kappa shape index (κ2) is 7.02. The average molecular weight is 282 g/mol. The SMILES string of the molecule is COC(=O)CC(O)C(O)c1ccc(C)c(C(=O)OC)c1. The smallest absolute Gasteiger partial charge is 0.338 e. The molecule has 6 heteroatoms. The minimum absolute atomic E-state index is 0.300. The van der Waals surface area contributed by atoms with E-state index < -0.39 is 24.1 Å². The largest absolute Gasteiger partial charge is 0.469 e. The molecule has 1 aromatic carbocycles. The molecule has 2 atom stereocenters. The highest BCUT2D eigenvalue weighted by molar-refractivity contribution is 5.91. The maximum Gasteiger partial charge on any atom is 0.338 e. The van der Waals surface area contributed by atoms with Crippen molar-refractivity contribution in [1.82, 2.24) is 0 Å². The first kappa shape index (κ1) is 16.1. The summed E-state index contributed by atoms with van der Waals surface area (Å²) in [4.78, 5) is 22.6. The number of carbonyl (C=O) groups excluding carboxylic acids is 2. The van der Waals surface area contributed by atoms with Crippen LogP contribution in [0.2, 0.25) is 0 Å². The van der Waals surface area contributed by atoms with Gasteiger partial charge in [0, 0.05) is 0 Å². The molecule has 0 saturated carbocycles. The van der Waals surface area contributed by atoms with Gasteiger partial charge in [-0.05, 0) is 24.1 Å². The van der Waals surface area contributed by atoms with Gasteiger partial charge in [-0.3, -0.25) is 4.79 Å². The number of esters is 2. The van der Waals surface area contributed by atoms with Crippen LogP contribution in [0.5, 0.6) is 0 Å². The summed E-state index contributed by atoms with van der Waals surface area (Å²) in [5, 5.41) is 19.8. The van der Waals surface area contributed by atoms with Gasteiger partial charge in [0.25, 0.3) is 0 Å². The lowest BCUT2D eigenvalue weighted by atomic mass is 9.97. The molecule has 0 aliphatic carbocycles. The first-order valence-electron chi connectivity index (χ1n) is 6.02. The summed E-state index contributed by atoms with van der Waals surface area (Å²) in [6, 6.07) is 4.65. The minimum atomic E-state index is -1.31. The Morgan fingerprint density at radius 1 is 1.20 bits per heavy atom. The van der Waals surface area contributed by atoms with Gasteiger partial charge in [0.05, 0.1) is 32.3 Å². The van der Waals surface area contributed by atoms with Crippen LogP contribution in [-0.4, -0.2) is 42.5 Å². The maximum atomic E-state index is 11.6. The van der Waals surface area contributed by atoms with Crippen molar-refractivity contribution in [2.24, 2.45) is 0 Å².